The average Bonchev–Trinajstić information content (AvgIpc) is 3.50. The van der Waals surface area contributed by atoms with E-state index in [0.29, 0.717) is 23.8 Å². The van der Waals surface area contributed by atoms with Crippen LogP contribution in [-0.4, -0.2) is 67.5 Å². The van der Waals surface area contributed by atoms with Crippen molar-refractivity contribution in [2.45, 2.75) is 83.1 Å². The number of hydrogen-bond acceptors (Lipinski definition) is 10. The van der Waals surface area contributed by atoms with E-state index in [1.54, 1.807) is 18.5 Å². The Morgan fingerprint density at radius 2 is 1.86 bits per heavy atom. The minimum atomic E-state index is -3.92. The summed E-state index contributed by atoms with van der Waals surface area (Å²) in [5.41, 5.74) is 5.64. The van der Waals surface area contributed by atoms with E-state index >= 15 is 0 Å². The lowest BCUT2D eigenvalue weighted by Gasteiger charge is -2.35. The first-order valence-electron chi connectivity index (χ1n) is 16.6. The summed E-state index contributed by atoms with van der Waals surface area (Å²) in [5.74, 6) is -0.551. The van der Waals surface area contributed by atoms with E-state index < -0.39 is 21.4 Å². The maximum atomic E-state index is 14.3. The SMILES string of the molecule is CC[C@@H]1CN(Cc2cc(C(c3ccc4c(nnn4CC)c3C)C(C)(C)C(=O)Nc3cnc(SC)nc3)ccc2C)S(=O)(=O)c2cccnc2O1. The van der Waals surface area contributed by atoms with E-state index in [0.717, 1.165) is 38.9 Å². The number of anilines is 1. The molecule has 262 valence electrons. The monoisotopic (exact) mass is 714 g/mol. The van der Waals surface area contributed by atoms with Crippen LogP contribution in [0.3, 0.4) is 0 Å². The van der Waals surface area contributed by atoms with Crippen molar-refractivity contribution in [1.82, 2.24) is 34.3 Å². The number of fused-ring (bicyclic) bond motifs is 2. The number of carbonyl (C=O) groups is 1. The van der Waals surface area contributed by atoms with Crippen LogP contribution in [0.25, 0.3) is 11.0 Å². The molecule has 0 saturated heterocycles. The number of thioether (sulfide) groups is 1. The molecule has 1 unspecified atom stereocenters. The van der Waals surface area contributed by atoms with Crippen LogP contribution in [-0.2, 0) is 27.9 Å². The van der Waals surface area contributed by atoms with Crippen molar-refractivity contribution in [3.8, 4) is 5.88 Å². The fraction of sp³-hybridized carbons (Fsp3) is 0.389. The summed E-state index contributed by atoms with van der Waals surface area (Å²) in [6, 6.07) is 13.3. The van der Waals surface area contributed by atoms with Gasteiger partial charge in [-0.3, -0.25) is 4.79 Å². The van der Waals surface area contributed by atoms with Gasteiger partial charge in [0.2, 0.25) is 21.8 Å². The first kappa shape index (κ1) is 35.4. The van der Waals surface area contributed by atoms with E-state index in [-0.39, 0.29) is 35.9 Å². The largest absolute Gasteiger partial charge is 0.472 e. The zero-order valence-electron chi connectivity index (χ0n) is 29.3. The molecular formula is C36H42N8O4S2. The lowest BCUT2D eigenvalue weighted by atomic mass is 9.69. The molecule has 3 aromatic heterocycles. The third kappa shape index (κ3) is 6.59. The summed E-state index contributed by atoms with van der Waals surface area (Å²) >= 11 is 1.42. The van der Waals surface area contributed by atoms with E-state index in [1.807, 2.05) is 76.7 Å². The number of sulfonamides is 1. The standard InChI is InChI=1S/C36H42N8O4S2/c1-8-27-21-43(50(46,47)30-11-10-16-37-33(30)48-27)20-25-17-24(13-12-22(25)3)31(28-14-15-29-32(23(28)4)41-42-44(29)9-2)36(5,6)34(45)40-26-18-38-35(49-7)39-19-26/h10-19,27,31H,8-9,20-21H2,1-7H3,(H,40,45)/t27-,31?/m1/s1. The van der Waals surface area contributed by atoms with Gasteiger partial charge in [0, 0.05) is 25.2 Å². The topological polar surface area (TPSA) is 145 Å². The molecule has 2 aromatic carbocycles. The third-order valence-electron chi connectivity index (χ3n) is 9.52. The van der Waals surface area contributed by atoms with Crippen molar-refractivity contribution >= 4 is 44.4 Å². The predicted octanol–water partition coefficient (Wildman–Crippen LogP) is 6.13. The second kappa shape index (κ2) is 14.1. The summed E-state index contributed by atoms with van der Waals surface area (Å²) in [6.07, 6.45) is 6.89. The van der Waals surface area contributed by atoms with Gasteiger partial charge in [-0.25, -0.2) is 28.1 Å². The molecule has 0 spiro atoms. The Balaban J connectivity index is 1.45. The molecule has 0 bridgehead atoms. The number of pyridine rings is 1. The Labute approximate surface area is 297 Å². The number of nitrogens with zero attached hydrogens (tertiary/aromatic N) is 7. The molecule has 1 N–H and O–H groups in total. The Morgan fingerprint density at radius 1 is 1.10 bits per heavy atom. The van der Waals surface area contributed by atoms with Crippen molar-refractivity contribution in [3.05, 3.63) is 88.9 Å². The van der Waals surface area contributed by atoms with Crippen molar-refractivity contribution in [2.24, 2.45) is 5.41 Å². The zero-order valence-corrected chi connectivity index (χ0v) is 31.0. The molecule has 1 amide bonds. The van der Waals surface area contributed by atoms with Gasteiger partial charge in [0.15, 0.2) is 5.16 Å². The predicted molar refractivity (Wildman–Crippen MR) is 194 cm³/mol. The smallest absolute Gasteiger partial charge is 0.248 e. The average molecular weight is 715 g/mol. The quantitative estimate of drug-likeness (QED) is 0.132. The van der Waals surface area contributed by atoms with Crippen LogP contribution in [0, 0.1) is 19.3 Å². The molecule has 1 aliphatic heterocycles. The number of rotatable bonds is 10. The first-order valence-corrected chi connectivity index (χ1v) is 19.3. The van der Waals surface area contributed by atoms with Crippen molar-refractivity contribution in [2.75, 3.05) is 18.1 Å². The van der Waals surface area contributed by atoms with Crippen LogP contribution in [0.15, 0.2) is 71.1 Å². The summed E-state index contributed by atoms with van der Waals surface area (Å²) in [4.78, 5) is 27.2. The van der Waals surface area contributed by atoms with Gasteiger partial charge >= 0.3 is 0 Å². The molecular weight excluding hydrogens is 673 g/mol. The normalized spacial score (nSPS) is 16.7. The highest BCUT2D eigenvalue weighted by atomic mass is 32.2. The molecule has 6 rings (SSSR count). The second-order valence-electron chi connectivity index (χ2n) is 13.1. The number of aromatic nitrogens is 6. The van der Waals surface area contributed by atoms with Gasteiger partial charge in [0.25, 0.3) is 0 Å². The highest BCUT2D eigenvalue weighted by Crippen LogP contribution is 2.45. The zero-order chi connectivity index (χ0) is 35.8. The molecule has 0 fully saturated rings. The first-order chi connectivity index (χ1) is 23.9. The summed E-state index contributed by atoms with van der Waals surface area (Å²) in [5, 5.41) is 12.5. The fourth-order valence-electron chi connectivity index (χ4n) is 6.54. The molecule has 14 heteroatoms. The molecule has 50 heavy (non-hydrogen) atoms. The maximum Gasteiger partial charge on any atom is 0.248 e. The van der Waals surface area contributed by atoms with Crippen LogP contribution in [0.4, 0.5) is 5.69 Å². The second-order valence-corrected chi connectivity index (χ2v) is 15.7. The van der Waals surface area contributed by atoms with E-state index in [2.05, 4.69) is 36.6 Å². The van der Waals surface area contributed by atoms with Crippen LogP contribution >= 0.6 is 11.8 Å². The third-order valence-corrected chi connectivity index (χ3v) is 11.9. The van der Waals surface area contributed by atoms with Crippen LogP contribution in [0.5, 0.6) is 5.88 Å². The van der Waals surface area contributed by atoms with Crippen LogP contribution in [0.2, 0.25) is 0 Å². The van der Waals surface area contributed by atoms with Crippen molar-refractivity contribution in [1.29, 1.82) is 0 Å². The number of hydrogen-bond donors (Lipinski definition) is 1. The molecule has 1 aliphatic rings. The van der Waals surface area contributed by atoms with Gasteiger partial charge < -0.3 is 10.1 Å². The van der Waals surface area contributed by atoms with Gasteiger partial charge in [-0.1, -0.05) is 62.0 Å². The Morgan fingerprint density at radius 3 is 2.56 bits per heavy atom. The van der Waals surface area contributed by atoms with E-state index in [1.165, 1.54) is 28.3 Å². The number of benzene rings is 2. The molecule has 2 atom stereocenters. The molecule has 5 aromatic rings. The molecule has 0 radical (unpaired) electrons. The van der Waals surface area contributed by atoms with Gasteiger partial charge in [-0.05, 0) is 79.5 Å². The highest BCUT2D eigenvalue weighted by Gasteiger charge is 2.41. The van der Waals surface area contributed by atoms with Gasteiger partial charge in [-0.2, -0.15) is 4.31 Å². The minimum absolute atomic E-state index is 0.0547. The lowest BCUT2D eigenvalue weighted by Crippen LogP contribution is -2.38. The number of nitrogens with one attached hydrogen (secondary N) is 1. The number of ether oxygens (including phenoxy) is 1. The molecule has 4 heterocycles. The Kier molecular flexibility index (Phi) is 9.98. The molecule has 12 nitrogen and oxygen atoms in total. The van der Waals surface area contributed by atoms with Crippen molar-refractivity contribution in [3.63, 3.8) is 0 Å². The highest BCUT2D eigenvalue weighted by molar-refractivity contribution is 7.98. The summed E-state index contributed by atoms with van der Waals surface area (Å²) in [7, 11) is -3.92. The Bertz CT molecular complexity index is 2150. The Hall–Kier alpha value is -4.40. The van der Waals surface area contributed by atoms with Crippen LogP contribution in [0.1, 0.15) is 67.9 Å². The van der Waals surface area contributed by atoms with Gasteiger partial charge in [-0.15, -0.1) is 5.10 Å². The van der Waals surface area contributed by atoms with Crippen LogP contribution < -0.4 is 10.1 Å². The summed E-state index contributed by atoms with van der Waals surface area (Å²) < 4.78 is 37.4. The van der Waals surface area contributed by atoms with Gasteiger partial charge in [0.1, 0.15) is 16.5 Å². The lowest BCUT2D eigenvalue weighted by molar-refractivity contribution is -0.124. The van der Waals surface area contributed by atoms with E-state index in [4.69, 9.17) is 4.74 Å². The minimum Gasteiger partial charge on any atom is -0.472 e. The fourth-order valence-corrected chi connectivity index (χ4v) is 8.38. The number of amides is 1. The van der Waals surface area contributed by atoms with E-state index in [9.17, 15) is 13.2 Å². The number of carbonyl (C=O) groups excluding carboxylic acids is 1. The van der Waals surface area contributed by atoms with Gasteiger partial charge in [0.05, 0.1) is 35.6 Å². The molecule has 0 aliphatic carbocycles. The number of aryl methyl sites for hydroxylation is 3. The molecule has 0 saturated carbocycles. The van der Waals surface area contributed by atoms with Crippen molar-refractivity contribution < 1.29 is 17.9 Å². The maximum absolute atomic E-state index is 14.3. The summed E-state index contributed by atoms with van der Waals surface area (Å²) in [6.45, 7) is 12.8.